The van der Waals surface area contributed by atoms with Crippen LogP contribution < -0.4 is 16.0 Å². The Morgan fingerprint density at radius 2 is 2.07 bits per heavy atom. The Labute approximate surface area is 169 Å². The largest absolute Gasteiger partial charge is 0.356 e. The van der Waals surface area contributed by atoms with Gasteiger partial charge >= 0.3 is 0 Å². The molecule has 0 aromatic heterocycles. The molecule has 0 saturated carbocycles. The zero-order valence-electron chi connectivity index (χ0n) is 15.9. The minimum absolute atomic E-state index is 0.0783. The number of hydrogen-bond acceptors (Lipinski definition) is 3. The lowest BCUT2D eigenvalue weighted by atomic mass is 10.2. The topological polar surface area (TPSA) is 85.8 Å². The van der Waals surface area contributed by atoms with Gasteiger partial charge in [0.1, 0.15) is 0 Å². The van der Waals surface area contributed by atoms with E-state index in [0.29, 0.717) is 25.1 Å². The predicted octanol–water partition coefficient (Wildman–Crippen LogP) is 1.74. The number of hydrogen-bond donors (Lipinski definition) is 3. The van der Waals surface area contributed by atoms with Crippen molar-refractivity contribution in [1.29, 1.82) is 0 Å². The van der Waals surface area contributed by atoms with Gasteiger partial charge in [-0.1, -0.05) is 28.9 Å². The first-order valence-corrected chi connectivity index (χ1v) is 10.1. The Morgan fingerprint density at radius 3 is 2.78 bits per heavy atom. The number of guanidine groups is 1. The number of likely N-dealkylation sites (tertiary alicyclic amines) is 1. The second-order valence-corrected chi connectivity index (χ2v) is 7.36. The molecule has 2 rings (SSSR count). The molecule has 1 fully saturated rings. The van der Waals surface area contributed by atoms with Gasteiger partial charge in [-0.15, -0.1) is 0 Å². The number of rotatable bonds is 7. The van der Waals surface area contributed by atoms with Crippen LogP contribution in [0.3, 0.4) is 0 Å². The van der Waals surface area contributed by atoms with Crippen LogP contribution in [0.4, 0.5) is 0 Å². The van der Waals surface area contributed by atoms with E-state index in [9.17, 15) is 9.59 Å². The first-order chi connectivity index (χ1) is 13.0. The summed E-state index contributed by atoms with van der Waals surface area (Å²) in [6.45, 7) is 4.68. The van der Waals surface area contributed by atoms with Crippen molar-refractivity contribution in [2.75, 3.05) is 33.2 Å². The second kappa shape index (κ2) is 10.9. The van der Waals surface area contributed by atoms with Gasteiger partial charge in [0.05, 0.1) is 0 Å². The molecule has 0 spiro atoms. The molecule has 1 aromatic carbocycles. The van der Waals surface area contributed by atoms with Crippen LogP contribution in [0.1, 0.15) is 36.5 Å². The summed E-state index contributed by atoms with van der Waals surface area (Å²) >= 11 is 3.37. The normalized spacial score (nSPS) is 16.9. The molecule has 27 heavy (non-hydrogen) atoms. The molecular weight excluding hydrogens is 410 g/mol. The molecule has 1 aliphatic rings. The van der Waals surface area contributed by atoms with Crippen molar-refractivity contribution >= 4 is 33.7 Å². The summed E-state index contributed by atoms with van der Waals surface area (Å²) in [5, 5.41) is 9.52. The van der Waals surface area contributed by atoms with Gasteiger partial charge < -0.3 is 20.9 Å². The average Bonchev–Trinajstić information content (AvgIpc) is 3.14. The molecule has 0 radical (unpaired) electrons. The van der Waals surface area contributed by atoms with E-state index in [-0.39, 0.29) is 17.9 Å². The lowest BCUT2D eigenvalue weighted by molar-refractivity contribution is -0.129. The Bertz CT molecular complexity index is 680. The molecule has 1 atom stereocenters. The maximum atomic E-state index is 12.1. The van der Waals surface area contributed by atoms with E-state index in [0.717, 1.165) is 36.4 Å². The van der Waals surface area contributed by atoms with E-state index < -0.39 is 0 Å². The molecule has 1 unspecified atom stereocenters. The van der Waals surface area contributed by atoms with E-state index >= 15 is 0 Å². The van der Waals surface area contributed by atoms with E-state index in [1.807, 2.05) is 24.0 Å². The highest BCUT2D eigenvalue weighted by atomic mass is 79.9. The van der Waals surface area contributed by atoms with Gasteiger partial charge in [0.15, 0.2) is 5.96 Å². The van der Waals surface area contributed by atoms with E-state index in [1.165, 1.54) is 0 Å². The number of carbonyl (C=O) groups is 2. The van der Waals surface area contributed by atoms with Crippen LogP contribution in [0, 0.1) is 0 Å². The molecule has 1 aromatic rings. The van der Waals surface area contributed by atoms with Gasteiger partial charge in [-0.2, -0.15) is 0 Å². The fourth-order valence-corrected chi connectivity index (χ4v) is 3.34. The number of nitrogens with zero attached hydrogens (tertiary/aromatic N) is 2. The van der Waals surface area contributed by atoms with Gasteiger partial charge in [-0.05, 0) is 31.0 Å². The minimum atomic E-state index is -0.0783. The predicted molar refractivity (Wildman–Crippen MR) is 111 cm³/mol. The SMILES string of the molecule is CCC(=O)N1CCC(NC(=NC)NCCCNC(=O)c2cccc(Br)c2)C1. The van der Waals surface area contributed by atoms with Crippen LogP contribution in [0.5, 0.6) is 0 Å². The first kappa shape index (κ1) is 21.2. The van der Waals surface area contributed by atoms with Crippen molar-refractivity contribution in [2.45, 2.75) is 32.2 Å². The first-order valence-electron chi connectivity index (χ1n) is 9.32. The summed E-state index contributed by atoms with van der Waals surface area (Å²) < 4.78 is 0.887. The van der Waals surface area contributed by atoms with Gasteiger partial charge in [0.25, 0.3) is 5.91 Å². The molecule has 8 heteroatoms. The molecule has 1 heterocycles. The minimum Gasteiger partial charge on any atom is -0.356 e. The van der Waals surface area contributed by atoms with Gasteiger partial charge in [-0.3, -0.25) is 14.6 Å². The number of nitrogens with one attached hydrogen (secondary N) is 3. The molecule has 1 aliphatic heterocycles. The fourth-order valence-electron chi connectivity index (χ4n) is 2.95. The van der Waals surface area contributed by atoms with Gasteiger partial charge in [-0.25, -0.2) is 0 Å². The number of benzene rings is 1. The van der Waals surface area contributed by atoms with Crippen LogP contribution >= 0.6 is 15.9 Å². The molecular formula is C19H28BrN5O2. The highest BCUT2D eigenvalue weighted by Crippen LogP contribution is 2.11. The Kier molecular flexibility index (Phi) is 8.57. The van der Waals surface area contributed by atoms with Crippen molar-refractivity contribution in [3.63, 3.8) is 0 Å². The van der Waals surface area contributed by atoms with Crippen LogP contribution in [0.2, 0.25) is 0 Å². The zero-order valence-corrected chi connectivity index (χ0v) is 17.5. The number of amides is 2. The third-order valence-electron chi connectivity index (χ3n) is 4.43. The summed E-state index contributed by atoms with van der Waals surface area (Å²) in [7, 11) is 1.73. The van der Waals surface area contributed by atoms with E-state index in [2.05, 4.69) is 36.9 Å². The molecule has 2 amide bonds. The van der Waals surface area contributed by atoms with Crippen LogP contribution in [-0.2, 0) is 4.79 Å². The van der Waals surface area contributed by atoms with Crippen molar-refractivity contribution in [3.8, 4) is 0 Å². The summed E-state index contributed by atoms with van der Waals surface area (Å²) in [6.07, 6.45) is 2.26. The van der Waals surface area contributed by atoms with Gasteiger partial charge in [0.2, 0.25) is 5.91 Å². The summed E-state index contributed by atoms with van der Waals surface area (Å²) in [5.41, 5.74) is 0.641. The van der Waals surface area contributed by atoms with E-state index in [4.69, 9.17) is 0 Å². The lowest BCUT2D eigenvalue weighted by Gasteiger charge is -2.18. The third kappa shape index (κ3) is 6.86. The second-order valence-electron chi connectivity index (χ2n) is 6.44. The smallest absolute Gasteiger partial charge is 0.251 e. The molecule has 7 nitrogen and oxygen atoms in total. The number of halogens is 1. The molecule has 3 N–H and O–H groups in total. The monoisotopic (exact) mass is 437 g/mol. The van der Waals surface area contributed by atoms with Crippen LogP contribution in [-0.4, -0.2) is 61.9 Å². The maximum Gasteiger partial charge on any atom is 0.251 e. The quantitative estimate of drug-likeness (QED) is 0.344. The summed E-state index contributed by atoms with van der Waals surface area (Å²) in [5.74, 6) is 0.845. The third-order valence-corrected chi connectivity index (χ3v) is 4.92. The lowest BCUT2D eigenvalue weighted by Crippen LogP contribution is -2.45. The zero-order chi connectivity index (χ0) is 19.6. The van der Waals surface area contributed by atoms with Crippen molar-refractivity contribution in [2.24, 2.45) is 4.99 Å². The number of aliphatic imine (C=N–C) groups is 1. The van der Waals surface area contributed by atoms with Crippen LogP contribution in [0.25, 0.3) is 0 Å². The molecule has 1 saturated heterocycles. The van der Waals surface area contributed by atoms with Crippen molar-refractivity contribution in [1.82, 2.24) is 20.9 Å². The Hall–Kier alpha value is -2.09. The maximum absolute atomic E-state index is 12.1. The highest BCUT2D eigenvalue weighted by molar-refractivity contribution is 9.10. The molecule has 0 aliphatic carbocycles. The fraction of sp³-hybridized carbons (Fsp3) is 0.526. The number of carbonyl (C=O) groups excluding carboxylic acids is 2. The summed E-state index contributed by atoms with van der Waals surface area (Å²) in [4.78, 5) is 29.9. The standard InChI is InChI=1S/C19H28BrN5O2/c1-3-17(26)25-11-8-16(13-25)24-19(21-2)23-10-5-9-22-18(27)14-6-4-7-15(20)12-14/h4,6-7,12,16H,3,5,8-11,13H2,1-2H3,(H,22,27)(H2,21,23,24). The molecule has 148 valence electrons. The average molecular weight is 438 g/mol. The highest BCUT2D eigenvalue weighted by Gasteiger charge is 2.25. The Balaban J connectivity index is 1.64. The Morgan fingerprint density at radius 1 is 1.30 bits per heavy atom. The van der Waals surface area contributed by atoms with Gasteiger partial charge in [0, 0.05) is 55.7 Å². The summed E-state index contributed by atoms with van der Waals surface area (Å²) in [6, 6.07) is 7.55. The van der Waals surface area contributed by atoms with Crippen molar-refractivity contribution < 1.29 is 9.59 Å². The van der Waals surface area contributed by atoms with Crippen LogP contribution in [0.15, 0.2) is 33.7 Å². The van der Waals surface area contributed by atoms with Crippen molar-refractivity contribution in [3.05, 3.63) is 34.3 Å². The van der Waals surface area contributed by atoms with E-state index in [1.54, 1.807) is 19.2 Å². The molecule has 0 bridgehead atoms.